The van der Waals surface area contributed by atoms with E-state index in [-0.39, 0.29) is 16.1 Å². The zero-order chi connectivity index (χ0) is 12.9. The second kappa shape index (κ2) is 3.93. The average molecular weight is 260 g/mol. The molecule has 1 saturated carbocycles. The van der Waals surface area contributed by atoms with Crippen LogP contribution in [0.3, 0.4) is 0 Å². The molecule has 2 aliphatic rings. The summed E-state index contributed by atoms with van der Waals surface area (Å²) < 4.78 is 26.9. The number of hydrogen-bond acceptors (Lipinski definition) is 3. The van der Waals surface area contributed by atoms with Gasteiger partial charge < -0.3 is 5.32 Å². The Morgan fingerprint density at radius 1 is 1.24 bits per heavy atom. The molecule has 17 heavy (non-hydrogen) atoms. The fraction of sp³-hybridized carbons (Fsp3) is 1.00. The van der Waals surface area contributed by atoms with Gasteiger partial charge in [0.05, 0.1) is 5.25 Å². The van der Waals surface area contributed by atoms with Gasteiger partial charge in [0.1, 0.15) is 0 Å². The second-order valence-electron chi connectivity index (χ2n) is 6.50. The molecule has 1 heterocycles. The van der Waals surface area contributed by atoms with Crippen LogP contribution in [0.2, 0.25) is 0 Å². The summed E-state index contributed by atoms with van der Waals surface area (Å²) in [6.07, 6.45) is 0.729. The molecule has 2 N–H and O–H groups in total. The lowest BCUT2D eigenvalue weighted by Crippen LogP contribution is -2.37. The Morgan fingerprint density at radius 3 is 2.24 bits per heavy atom. The van der Waals surface area contributed by atoms with E-state index in [1.54, 1.807) is 0 Å². The number of rotatable bonds is 4. The predicted octanol–water partition coefficient (Wildman–Crippen LogP) is 0.950. The smallest absolute Gasteiger partial charge is 0.215 e. The summed E-state index contributed by atoms with van der Waals surface area (Å²) >= 11 is 0. The van der Waals surface area contributed by atoms with Crippen molar-refractivity contribution in [3.05, 3.63) is 0 Å². The summed E-state index contributed by atoms with van der Waals surface area (Å²) in [6.45, 7) is 10.8. The van der Waals surface area contributed by atoms with Crippen molar-refractivity contribution in [3.8, 4) is 0 Å². The topological polar surface area (TPSA) is 58.2 Å². The summed E-state index contributed by atoms with van der Waals surface area (Å²) in [7, 11) is -3.13. The Labute approximate surface area is 105 Å². The van der Waals surface area contributed by atoms with Gasteiger partial charge in [0.15, 0.2) is 0 Å². The van der Waals surface area contributed by atoms with Gasteiger partial charge in [0.2, 0.25) is 10.0 Å². The van der Waals surface area contributed by atoms with Crippen LogP contribution in [0.25, 0.3) is 0 Å². The zero-order valence-corrected chi connectivity index (χ0v) is 12.0. The van der Waals surface area contributed by atoms with Crippen molar-refractivity contribution >= 4 is 10.0 Å². The van der Waals surface area contributed by atoms with Crippen LogP contribution < -0.4 is 10.0 Å². The summed E-state index contributed by atoms with van der Waals surface area (Å²) in [5.74, 6) is 0.444. The first-order valence-electron chi connectivity index (χ1n) is 6.39. The molecule has 0 spiro atoms. The zero-order valence-electron chi connectivity index (χ0n) is 11.2. The minimum Gasteiger partial charge on any atom is -0.315 e. The Kier molecular flexibility index (Phi) is 3.08. The van der Waals surface area contributed by atoms with Crippen molar-refractivity contribution < 1.29 is 8.42 Å². The lowest BCUT2D eigenvalue weighted by molar-refractivity contribution is 0.457. The molecule has 1 atom stereocenters. The highest BCUT2D eigenvalue weighted by Crippen LogP contribution is 2.67. The van der Waals surface area contributed by atoms with Gasteiger partial charge in [-0.1, -0.05) is 27.7 Å². The standard InChI is InChI=1S/C12H24N2O2S/c1-11(2)10(12(11,3)4)8-14-17(15,16)9-5-6-13-7-9/h9-10,13-14H,5-8H2,1-4H3. The van der Waals surface area contributed by atoms with E-state index in [4.69, 9.17) is 0 Å². The molecule has 0 aromatic rings. The van der Waals surface area contributed by atoms with E-state index < -0.39 is 10.0 Å². The van der Waals surface area contributed by atoms with Gasteiger partial charge in [0, 0.05) is 13.1 Å². The van der Waals surface area contributed by atoms with Crippen molar-refractivity contribution in [1.29, 1.82) is 0 Å². The molecular weight excluding hydrogens is 236 g/mol. The van der Waals surface area contributed by atoms with Crippen molar-refractivity contribution in [2.45, 2.75) is 39.4 Å². The molecule has 2 rings (SSSR count). The van der Waals surface area contributed by atoms with Crippen LogP contribution in [0.4, 0.5) is 0 Å². The summed E-state index contributed by atoms with van der Waals surface area (Å²) in [5, 5.41) is 2.85. The monoisotopic (exact) mass is 260 g/mol. The minimum atomic E-state index is -3.13. The minimum absolute atomic E-state index is 0.240. The van der Waals surface area contributed by atoms with E-state index in [0.717, 1.165) is 13.0 Å². The second-order valence-corrected chi connectivity index (χ2v) is 8.55. The van der Waals surface area contributed by atoms with E-state index in [0.29, 0.717) is 19.0 Å². The Morgan fingerprint density at radius 2 is 1.82 bits per heavy atom. The van der Waals surface area contributed by atoms with E-state index >= 15 is 0 Å². The summed E-state index contributed by atoms with van der Waals surface area (Å²) in [5.41, 5.74) is 0.479. The van der Waals surface area contributed by atoms with Crippen LogP contribution in [-0.4, -0.2) is 33.3 Å². The van der Waals surface area contributed by atoms with Crippen LogP contribution in [0, 0.1) is 16.7 Å². The Bertz CT molecular complexity index is 381. The molecule has 0 aromatic carbocycles. The maximum absolute atomic E-state index is 12.0. The van der Waals surface area contributed by atoms with Gasteiger partial charge in [-0.15, -0.1) is 0 Å². The number of sulfonamides is 1. The molecule has 1 aliphatic heterocycles. The molecule has 0 amide bonds. The van der Waals surface area contributed by atoms with Crippen LogP contribution in [0.15, 0.2) is 0 Å². The van der Waals surface area contributed by atoms with E-state index in [1.807, 2.05) is 0 Å². The third-order valence-corrected chi connectivity index (χ3v) is 7.11. The maximum Gasteiger partial charge on any atom is 0.215 e. The molecule has 1 saturated heterocycles. The quantitative estimate of drug-likeness (QED) is 0.791. The van der Waals surface area contributed by atoms with E-state index in [9.17, 15) is 8.42 Å². The molecule has 100 valence electrons. The molecule has 5 heteroatoms. The van der Waals surface area contributed by atoms with Gasteiger partial charge in [-0.2, -0.15) is 0 Å². The van der Waals surface area contributed by atoms with Gasteiger partial charge >= 0.3 is 0 Å². The predicted molar refractivity (Wildman–Crippen MR) is 69.2 cm³/mol. The van der Waals surface area contributed by atoms with Gasteiger partial charge in [-0.3, -0.25) is 0 Å². The van der Waals surface area contributed by atoms with E-state index in [2.05, 4.69) is 37.7 Å². The molecular formula is C12H24N2O2S. The van der Waals surface area contributed by atoms with Gasteiger partial charge in [0.25, 0.3) is 0 Å². The SMILES string of the molecule is CC1(C)C(CNS(=O)(=O)C2CCNC2)C1(C)C. The fourth-order valence-corrected chi connectivity index (χ4v) is 4.45. The normalized spacial score (nSPS) is 31.6. The molecule has 0 aromatic heterocycles. The van der Waals surface area contributed by atoms with Crippen molar-refractivity contribution in [1.82, 2.24) is 10.0 Å². The summed E-state index contributed by atoms with van der Waals surface area (Å²) in [4.78, 5) is 0. The molecule has 1 unspecified atom stereocenters. The van der Waals surface area contributed by atoms with Gasteiger partial charge in [-0.05, 0) is 29.7 Å². The first-order chi connectivity index (χ1) is 7.69. The fourth-order valence-electron chi connectivity index (χ4n) is 3.05. The van der Waals surface area contributed by atoms with Crippen LogP contribution >= 0.6 is 0 Å². The first-order valence-corrected chi connectivity index (χ1v) is 7.93. The maximum atomic E-state index is 12.0. The van der Waals surface area contributed by atoms with Crippen LogP contribution in [0.5, 0.6) is 0 Å². The third kappa shape index (κ3) is 2.13. The summed E-state index contributed by atoms with van der Waals surface area (Å²) in [6, 6.07) is 0. The lowest BCUT2D eigenvalue weighted by Gasteiger charge is -2.12. The Balaban J connectivity index is 1.91. The average Bonchev–Trinajstić information content (AvgIpc) is 2.65. The molecule has 4 nitrogen and oxygen atoms in total. The van der Waals surface area contributed by atoms with Crippen LogP contribution in [-0.2, 0) is 10.0 Å². The third-order valence-electron chi connectivity index (χ3n) is 5.26. The highest BCUT2D eigenvalue weighted by atomic mass is 32.2. The van der Waals surface area contributed by atoms with E-state index in [1.165, 1.54) is 0 Å². The molecule has 0 radical (unpaired) electrons. The van der Waals surface area contributed by atoms with Gasteiger partial charge in [-0.25, -0.2) is 13.1 Å². The molecule has 1 aliphatic carbocycles. The highest BCUT2D eigenvalue weighted by Gasteiger charge is 2.64. The Hall–Kier alpha value is -0.130. The first kappa shape index (κ1) is 13.3. The lowest BCUT2D eigenvalue weighted by atomic mass is 10.0. The van der Waals surface area contributed by atoms with Crippen molar-refractivity contribution in [3.63, 3.8) is 0 Å². The molecule has 0 bridgehead atoms. The van der Waals surface area contributed by atoms with Crippen molar-refractivity contribution in [2.75, 3.05) is 19.6 Å². The highest BCUT2D eigenvalue weighted by molar-refractivity contribution is 7.90. The number of hydrogen-bond donors (Lipinski definition) is 2. The molecule has 2 fully saturated rings. The van der Waals surface area contributed by atoms with Crippen LogP contribution in [0.1, 0.15) is 34.1 Å². The van der Waals surface area contributed by atoms with Crippen molar-refractivity contribution in [2.24, 2.45) is 16.7 Å². The largest absolute Gasteiger partial charge is 0.315 e. The number of nitrogens with one attached hydrogen (secondary N) is 2.